The van der Waals surface area contributed by atoms with Gasteiger partial charge in [-0.15, -0.1) is 11.3 Å². The van der Waals surface area contributed by atoms with E-state index in [9.17, 15) is 18.0 Å². The Labute approximate surface area is 132 Å². The molecule has 22 heavy (non-hydrogen) atoms. The fraction of sp³-hybridized carbons (Fsp3) is 0.250. The summed E-state index contributed by atoms with van der Waals surface area (Å²) in [4.78, 5) is 15.0. The first-order chi connectivity index (χ1) is 10.2. The van der Waals surface area contributed by atoms with Crippen LogP contribution in [0.1, 0.15) is 17.0 Å². The summed E-state index contributed by atoms with van der Waals surface area (Å²) < 4.78 is 38.6. The van der Waals surface area contributed by atoms with Crippen LogP contribution in [0.25, 0.3) is 6.08 Å². The topological polar surface area (TPSA) is 59.8 Å². The lowest BCUT2D eigenvalue weighted by Crippen LogP contribution is -2.09. The van der Waals surface area contributed by atoms with Crippen molar-refractivity contribution < 1.29 is 18.0 Å². The van der Waals surface area contributed by atoms with Gasteiger partial charge < -0.3 is 0 Å². The molecule has 0 aliphatic heterocycles. The van der Waals surface area contributed by atoms with E-state index in [4.69, 9.17) is 11.6 Å². The quantitative estimate of drug-likeness (QED) is 0.862. The predicted octanol–water partition coefficient (Wildman–Crippen LogP) is 3.51. The Bertz CT molecular complexity index is 735. The molecule has 1 amide bonds. The second-order valence-corrected chi connectivity index (χ2v) is 5.49. The molecule has 5 nitrogen and oxygen atoms in total. The molecule has 0 saturated carbocycles. The Kier molecular flexibility index (Phi) is 4.57. The van der Waals surface area contributed by atoms with Crippen LogP contribution in [0.2, 0.25) is 5.15 Å². The van der Waals surface area contributed by atoms with E-state index >= 15 is 0 Å². The van der Waals surface area contributed by atoms with E-state index in [0.29, 0.717) is 27.7 Å². The van der Waals surface area contributed by atoms with E-state index in [1.807, 2.05) is 0 Å². The maximum Gasteiger partial charge on any atom is 0.434 e. The van der Waals surface area contributed by atoms with Gasteiger partial charge >= 0.3 is 6.18 Å². The van der Waals surface area contributed by atoms with E-state index in [1.54, 1.807) is 14.0 Å². The molecule has 2 aromatic heterocycles. The molecule has 0 spiro atoms. The number of halogens is 4. The first kappa shape index (κ1) is 16.5. The van der Waals surface area contributed by atoms with Crippen molar-refractivity contribution in [1.82, 2.24) is 14.8 Å². The maximum atomic E-state index is 12.4. The molecule has 10 heteroatoms. The van der Waals surface area contributed by atoms with Crippen molar-refractivity contribution >= 4 is 40.1 Å². The van der Waals surface area contributed by atoms with Gasteiger partial charge in [-0.25, -0.2) is 4.98 Å². The second-order valence-electron chi connectivity index (χ2n) is 4.27. The monoisotopic (exact) mass is 350 g/mol. The number of nitrogens with one attached hydrogen (secondary N) is 1. The number of alkyl halides is 3. The first-order valence-electron chi connectivity index (χ1n) is 5.89. The smallest absolute Gasteiger partial charge is 0.298 e. The molecular weight excluding hydrogens is 341 g/mol. The van der Waals surface area contributed by atoms with Gasteiger partial charge in [-0.2, -0.15) is 18.3 Å². The van der Waals surface area contributed by atoms with Crippen molar-refractivity contribution in [3.05, 3.63) is 33.6 Å². The summed E-state index contributed by atoms with van der Waals surface area (Å²) in [6, 6.07) is 0. The van der Waals surface area contributed by atoms with Gasteiger partial charge in [0, 0.05) is 24.1 Å². The predicted molar refractivity (Wildman–Crippen MR) is 77.7 cm³/mol. The molecule has 0 aliphatic rings. The first-order valence-corrected chi connectivity index (χ1v) is 7.15. The summed E-state index contributed by atoms with van der Waals surface area (Å²) in [5.41, 5.74) is 0.155. The maximum absolute atomic E-state index is 12.4. The van der Waals surface area contributed by atoms with Crippen LogP contribution in [0.3, 0.4) is 0 Å². The van der Waals surface area contributed by atoms with Crippen LogP contribution < -0.4 is 5.32 Å². The third kappa shape index (κ3) is 3.66. The Balaban J connectivity index is 2.07. The molecule has 0 unspecified atom stereocenters. The number of anilines is 1. The zero-order valence-corrected chi connectivity index (χ0v) is 13.0. The number of aromatic nitrogens is 3. The number of thiazole rings is 1. The zero-order chi connectivity index (χ0) is 16.5. The van der Waals surface area contributed by atoms with Gasteiger partial charge in [0.05, 0.1) is 5.69 Å². The molecule has 0 saturated heterocycles. The number of hydrogen-bond donors (Lipinski definition) is 1. The number of nitrogens with zero attached hydrogens (tertiary/aromatic N) is 3. The zero-order valence-electron chi connectivity index (χ0n) is 11.4. The van der Waals surface area contributed by atoms with Gasteiger partial charge in [-0.1, -0.05) is 11.6 Å². The minimum absolute atomic E-state index is 0.129. The molecule has 2 aromatic rings. The number of carbonyl (C=O) groups excluding carboxylic acids is 1. The lowest BCUT2D eigenvalue weighted by Gasteiger charge is -2.00. The third-order valence-electron chi connectivity index (χ3n) is 2.62. The normalized spacial score (nSPS) is 12.1. The summed E-state index contributed by atoms with van der Waals surface area (Å²) in [7, 11) is 1.65. The van der Waals surface area contributed by atoms with Gasteiger partial charge in [0.15, 0.2) is 10.8 Å². The summed E-state index contributed by atoms with van der Waals surface area (Å²) in [6.07, 6.45) is -1.93. The summed E-state index contributed by atoms with van der Waals surface area (Å²) >= 11 is 6.69. The van der Waals surface area contributed by atoms with Gasteiger partial charge in [0.2, 0.25) is 5.91 Å². The third-order valence-corrected chi connectivity index (χ3v) is 3.83. The molecule has 1 N–H and O–H groups in total. The summed E-state index contributed by atoms with van der Waals surface area (Å²) in [6.45, 7) is 1.72. The number of aryl methyl sites for hydroxylation is 2. The van der Waals surface area contributed by atoms with Crippen molar-refractivity contribution in [3.63, 3.8) is 0 Å². The average Bonchev–Trinajstić information content (AvgIpc) is 2.94. The lowest BCUT2D eigenvalue weighted by atomic mass is 10.2. The summed E-state index contributed by atoms with van der Waals surface area (Å²) in [5, 5.41) is 7.39. The van der Waals surface area contributed by atoms with E-state index in [2.05, 4.69) is 15.4 Å². The minimum Gasteiger partial charge on any atom is -0.298 e. The molecule has 2 heterocycles. The molecule has 0 aromatic carbocycles. The number of amides is 1. The molecule has 0 bridgehead atoms. The fourth-order valence-electron chi connectivity index (χ4n) is 1.60. The second kappa shape index (κ2) is 6.09. The van der Waals surface area contributed by atoms with Crippen LogP contribution in [-0.4, -0.2) is 20.7 Å². The van der Waals surface area contributed by atoms with Crippen LogP contribution in [0.4, 0.5) is 18.3 Å². The van der Waals surface area contributed by atoms with Crippen molar-refractivity contribution in [2.24, 2.45) is 7.05 Å². The van der Waals surface area contributed by atoms with Crippen molar-refractivity contribution in [1.29, 1.82) is 0 Å². The number of carbonyl (C=O) groups is 1. The molecular formula is C12H10ClF3N4OS. The Morgan fingerprint density at radius 1 is 1.50 bits per heavy atom. The van der Waals surface area contributed by atoms with Gasteiger partial charge in [-0.3, -0.25) is 14.8 Å². The summed E-state index contributed by atoms with van der Waals surface area (Å²) in [5.74, 6) is -0.609. The van der Waals surface area contributed by atoms with E-state index < -0.39 is 17.8 Å². The van der Waals surface area contributed by atoms with E-state index in [0.717, 1.165) is 11.5 Å². The van der Waals surface area contributed by atoms with E-state index in [-0.39, 0.29) is 5.13 Å². The minimum atomic E-state index is -4.53. The molecule has 2 rings (SSSR count). The highest BCUT2D eigenvalue weighted by Crippen LogP contribution is 2.31. The number of hydrogen-bond acceptors (Lipinski definition) is 4. The highest BCUT2D eigenvalue weighted by atomic mass is 35.5. The van der Waals surface area contributed by atoms with Crippen LogP contribution in [0.15, 0.2) is 11.5 Å². The molecule has 0 atom stereocenters. The van der Waals surface area contributed by atoms with Gasteiger partial charge in [0.25, 0.3) is 0 Å². The highest BCUT2D eigenvalue weighted by Gasteiger charge is 2.33. The molecule has 0 radical (unpaired) electrons. The SMILES string of the molecule is Cc1nn(C)c(Cl)c1/C=C/C(=O)Nc1nc(C(F)(F)F)cs1. The lowest BCUT2D eigenvalue weighted by molar-refractivity contribution is -0.140. The Morgan fingerprint density at radius 3 is 2.68 bits per heavy atom. The van der Waals surface area contributed by atoms with Crippen LogP contribution in [0, 0.1) is 6.92 Å². The van der Waals surface area contributed by atoms with Crippen molar-refractivity contribution in [2.75, 3.05) is 5.32 Å². The van der Waals surface area contributed by atoms with Gasteiger partial charge in [0.1, 0.15) is 5.15 Å². The molecule has 118 valence electrons. The van der Waals surface area contributed by atoms with Crippen molar-refractivity contribution in [2.45, 2.75) is 13.1 Å². The Hall–Kier alpha value is -1.87. The fourth-order valence-corrected chi connectivity index (χ4v) is 2.56. The van der Waals surface area contributed by atoms with Crippen LogP contribution in [0.5, 0.6) is 0 Å². The van der Waals surface area contributed by atoms with Crippen molar-refractivity contribution in [3.8, 4) is 0 Å². The van der Waals surface area contributed by atoms with Crippen LogP contribution in [-0.2, 0) is 18.0 Å². The average molecular weight is 351 g/mol. The largest absolute Gasteiger partial charge is 0.434 e. The highest BCUT2D eigenvalue weighted by molar-refractivity contribution is 7.14. The molecule has 0 fully saturated rings. The standard InChI is InChI=1S/C12H10ClF3N4OS/c1-6-7(10(13)20(2)19-6)3-4-9(21)18-11-17-8(5-22-11)12(14,15)16/h3-5H,1-2H3,(H,17,18,21)/b4-3+. The van der Waals surface area contributed by atoms with Crippen LogP contribution >= 0.6 is 22.9 Å². The van der Waals surface area contributed by atoms with E-state index in [1.165, 1.54) is 10.8 Å². The number of rotatable bonds is 3. The Morgan fingerprint density at radius 2 is 2.18 bits per heavy atom. The molecule has 0 aliphatic carbocycles. The van der Waals surface area contributed by atoms with Gasteiger partial charge in [-0.05, 0) is 13.0 Å².